The zero-order chi connectivity index (χ0) is 16.0. The average Bonchev–Trinajstić information content (AvgIpc) is 2.48. The van der Waals surface area contributed by atoms with Crippen molar-refractivity contribution in [3.63, 3.8) is 0 Å². The second kappa shape index (κ2) is 7.26. The van der Waals surface area contributed by atoms with Gasteiger partial charge in [-0.25, -0.2) is 0 Å². The van der Waals surface area contributed by atoms with Crippen LogP contribution in [0.4, 0.5) is 5.69 Å². The van der Waals surface area contributed by atoms with E-state index in [9.17, 15) is 4.79 Å². The Hall–Kier alpha value is -1.82. The molecule has 0 radical (unpaired) electrons. The summed E-state index contributed by atoms with van der Waals surface area (Å²) in [6, 6.07) is 5.19. The molecule has 116 valence electrons. The number of carbonyl (C=O) groups is 1. The summed E-state index contributed by atoms with van der Waals surface area (Å²) in [7, 11) is 3.10. The number of nitrogens with one attached hydrogen (secondary N) is 1. The SMILES string of the molecule is CCC(CC)(C(=O)Nc1cc(OC)ccc1OC)C(N)=S. The van der Waals surface area contributed by atoms with Gasteiger partial charge < -0.3 is 20.5 Å². The van der Waals surface area contributed by atoms with Crippen molar-refractivity contribution < 1.29 is 14.3 Å². The molecule has 0 aliphatic rings. The third kappa shape index (κ3) is 3.44. The van der Waals surface area contributed by atoms with E-state index in [0.29, 0.717) is 30.0 Å². The third-order valence-electron chi connectivity index (χ3n) is 3.77. The van der Waals surface area contributed by atoms with Crippen molar-refractivity contribution in [3.8, 4) is 11.5 Å². The predicted molar refractivity (Wildman–Crippen MR) is 88.0 cm³/mol. The Morgan fingerprint density at radius 1 is 1.29 bits per heavy atom. The largest absolute Gasteiger partial charge is 0.497 e. The fraction of sp³-hybridized carbons (Fsp3) is 0.467. The van der Waals surface area contributed by atoms with E-state index < -0.39 is 5.41 Å². The Kier molecular flexibility index (Phi) is 5.96. The highest BCUT2D eigenvalue weighted by molar-refractivity contribution is 7.80. The zero-order valence-electron chi connectivity index (χ0n) is 12.9. The average molecular weight is 310 g/mol. The summed E-state index contributed by atoms with van der Waals surface area (Å²) in [4.78, 5) is 12.8. The molecule has 0 fully saturated rings. The summed E-state index contributed by atoms with van der Waals surface area (Å²) in [5.41, 5.74) is 5.46. The van der Waals surface area contributed by atoms with E-state index in [0.717, 1.165) is 0 Å². The van der Waals surface area contributed by atoms with E-state index in [-0.39, 0.29) is 10.9 Å². The first-order valence-electron chi connectivity index (χ1n) is 6.78. The van der Waals surface area contributed by atoms with Crippen molar-refractivity contribution in [2.75, 3.05) is 19.5 Å². The number of ether oxygens (including phenoxy) is 2. The number of benzene rings is 1. The molecule has 1 rings (SSSR count). The molecule has 1 amide bonds. The Labute approximate surface area is 130 Å². The van der Waals surface area contributed by atoms with E-state index in [1.54, 1.807) is 25.3 Å². The predicted octanol–water partition coefficient (Wildman–Crippen LogP) is 2.73. The second-order valence-corrected chi connectivity index (χ2v) is 5.11. The number of thiocarbonyl (C=S) groups is 1. The topological polar surface area (TPSA) is 73.6 Å². The summed E-state index contributed by atoms with van der Waals surface area (Å²) in [5.74, 6) is 0.944. The van der Waals surface area contributed by atoms with Crippen LogP contribution in [0.1, 0.15) is 26.7 Å². The smallest absolute Gasteiger partial charge is 0.237 e. The van der Waals surface area contributed by atoms with Gasteiger partial charge in [0.2, 0.25) is 5.91 Å². The van der Waals surface area contributed by atoms with Gasteiger partial charge in [0.1, 0.15) is 11.5 Å². The van der Waals surface area contributed by atoms with Gasteiger partial charge in [0.15, 0.2) is 0 Å². The van der Waals surface area contributed by atoms with Gasteiger partial charge in [-0.2, -0.15) is 0 Å². The molecule has 0 atom stereocenters. The van der Waals surface area contributed by atoms with E-state index in [1.807, 2.05) is 13.8 Å². The molecule has 0 saturated heterocycles. The Morgan fingerprint density at radius 3 is 2.33 bits per heavy atom. The highest BCUT2D eigenvalue weighted by Crippen LogP contribution is 2.33. The quantitative estimate of drug-likeness (QED) is 0.758. The number of methoxy groups -OCH3 is 2. The first kappa shape index (κ1) is 17.2. The van der Waals surface area contributed by atoms with Crippen molar-refractivity contribution in [2.24, 2.45) is 11.1 Å². The van der Waals surface area contributed by atoms with Crippen LogP contribution >= 0.6 is 12.2 Å². The molecule has 1 aromatic carbocycles. The van der Waals surface area contributed by atoms with Crippen LogP contribution in [0.15, 0.2) is 18.2 Å². The van der Waals surface area contributed by atoms with Gasteiger partial charge in [-0.1, -0.05) is 26.1 Å². The highest BCUT2D eigenvalue weighted by atomic mass is 32.1. The first-order valence-corrected chi connectivity index (χ1v) is 7.19. The molecular weight excluding hydrogens is 288 g/mol. The van der Waals surface area contributed by atoms with Crippen molar-refractivity contribution >= 4 is 28.8 Å². The lowest BCUT2D eigenvalue weighted by Crippen LogP contribution is -2.45. The standard InChI is InChI=1S/C15H22N2O3S/c1-5-15(6-2,13(16)21)14(18)17-11-9-10(19-3)7-8-12(11)20-4/h7-9H,5-6H2,1-4H3,(H2,16,21)(H,17,18). The number of hydrogen-bond donors (Lipinski definition) is 2. The Morgan fingerprint density at radius 2 is 1.90 bits per heavy atom. The maximum atomic E-state index is 12.6. The van der Waals surface area contributed by atoms with Crippen LogP contribution in [0, 0.1) is 5.41 Å². The minimum absolute atomic E-state index is 0.201. The van der Waals surface area contributed by atoms with Crippen LogP contribution in [-0.2, 0) is 4.79 Å². The molecule has 0 heterocycles. The van der Waals surface area contributed by atoms with Crippen LogP contribution in [0.3, 0.4) is 0 Å². The minimum atomic E-state index is -0.858. The lowest BCUT2D eigenvalue weighted by molar-refractivity contribution is -0.122. The monoisotopic (exact) mass is 310 g/mol. The lowest BCUT2D eigenvalue weighted by atomic mass is 9.81. The van der Waals surface area contributed by atoms with Gasteiger partial charge in [-0.15, -0.1) is 0 Å². The van der Waals surface area contributed by atoms with Crippen molar-refractivity contribution in [1.82, 2.24) is 0 Å². The van der Waals surface area contributed by atoms with Crippen LogP contribution in [0.2, 0.25) is 0 Å². The van der Waals surface area contributed by atoms with E-state index in [2.05, 4.69) is 5.32 Å². The number of rotatable bonds is 7. The highest BCUT2D eigenvalue weighted by Gasteiger charge is 2.38. The zero-order valence-corrected chi connectivity index (χ0v) is 13.7. The number of anilines is 1. The molecule has 0 unspecified atom stereocenters. The van der Waals surface area contributed by atoms with Crippen molar-refractivity contribution in [2.45, 2.75) is 26.7 Å². The van der Waals surface area contributed by atoms with Crippen LogP contribution < -0.4 is 20.5 Å². The van der Waals surface area contributed by atoms with E-state index >= 15 is 0 Å². The molecule has 0 aromatic heterocycles. The molecule has 0 saturated carbocycles. The molecule has 0 aliphatic carbocycles. The summed E-state index contributed by atoms with van der Waals surface area (Å²) >= 11 is 5.09. The van der Waals surface area contributed by atoms with Crippen LogP contribution in [0.25, 0.3) is 0 Å². The first-order chi connectivity index (χ1) is 9.94. The van der Waals surface area contributed by atoms with Crippen molar-refractivity contribution in [3.05, 3.63) is 18.2 Å². The lowest BCUT2D eigenvalue weighted by Gasteiger charge is -2.29. The molecule has 1 aromatic rings. The number of amides is 1. The van der Waals surface area contributed by atoms with Gasteiger partial charge in [-0.05, 0) is 25.0 Å². The fourth-order valence-electron chi connectivity index (χ4n) is 2.19. The third-order valence-corrected chi connectivity index (χ3v) is 4.16. The molecule has 6 heteroatoms. The maximum absolute atomic E-state index is 12.6. The minimum Gasteiger partial charge on any atom is -0.497 e. The van der Waals surface area contributed by atoms with Crippen LogP contribution in [-0.4, -0.2) is 25.1 Å². The Balaban J connectivity index is 3.14. The van der Waals surface area contributed by atoms with Crippen LogP contribution in [0.5, 0.6) is 11.5 Å². The number of hydrogen-bond acceptors (Lipinski definition) is 4. The molecule has 0 bridgehead atoms. The van der Waals surface area contributed by atoms with Gasteiger partial charge in [0.05, 0.1) is 30.3 Å². The molecule has 3 N–H and O–H groups in total. The van der Waals surface area contributed by atoms with E-state index in [4.69, 9.17) is 27.4 Å². The maximum Gasteiger partial charge on any atom is 0.237 e. The number of carbonyl (C=O) groups excluding carboxylic acids is 1. The van der Waals surface area contributed by atoms with Gasteiger partial charge in [0.25, 0.3) is 0 Å². The van der Waals surface area contributed by atoms with Gasteiger partial charge >= 0.3 is 0 Å². The normalized spacial score (nSPS) is 10.9. The second-order valence-electron chi connectivity index (χ2n) is 4.67. The molecule has 0 aliphatic heterocycles. The summed E-state index contributed by atoms with van der Waals surface area (Å²) in [6.07, 6.45) is 1.08. The van der Waals surface area contributed by atoms with Gasteiger partial charge in [0, 0.05) is 6.07 Å². The molecule has 21 heavy (non-hydrogen) atoms. The summed E-state index contributed by atoms with van der Waals surface area (Å²) in [6.45, 7) is 3.79. The number of nitrogens with two attached hydrogens (primary N) is 1. The molecule has 0 spiro atoms. The Bertz CT molecular complexity index is 528. The summed E-state index contributed by atoms with van der Waals surface area (Å²) < 4.78 is 10.4. The fourth-order valence-corrected chi connectivity index (χ4v) is 2.57. The molecular formula is C15H22N2O3S. The van der Waals surface area contributed by atoms with Gasteiger partial charge in [-0.3, -0.25) is 4.79 Å². The summed E-state index contributed by atoms with van der Waals surface area (Å²) in [5, 5.41) is 2.85. The molecule has 5 nitrogen and oxygen atoms in total. The van der Waals surface area contributed by atoms with Crippen molar-refractivity contribution in [1.29, 1.82) is 0 Å². The van der Waals surface area contributed by atoms with E-state index in [1.165, 1.54) is 7.11 Å².